The molecule has 1 aromatic carbocycles. The fraction of sp³-hybridized carbons (Fsp3) is 0.500. The molecule has 7 nitrogen and oxygen atoms in total. The normalized spacial score (nSPS) is 18.8. The number of ether oxygens (including phenoxy) is 2. The maximum Gasteiger partial charge on any atom is 0.243 e. The average molecular weight is 379 g/mol. The molecule has 8 heteroatoms. The first-order valence-electron chi connectivity index (χ1n) is 8.66. The Kier molecular flexibility index (Phi) is 5.36. The molecule has 0 amide bonds. The summed E-state index contributed by atoms with van der Waals surface area (Å²) >= 11 is 0. The maximum atomic E-state index is 13.1. The van der Waals surface area contributed by atoms with E-state index in [2.05, 4.69) is 5.10 Å². The monoisotopic (exact) mass is 379 g/mol. The van der Waals surface area contributed by atoms with Crippen LogP contribution < -0.4 is 4.74 Å². The van der Waals surface area contributed by atoms with Crippen molar-refractivity contribution in [2.24, 2.45) is 0 Å². The number of rotatable bonds is 5. The first-order chi connectivity index (χ1) is 12.4. The second kappa shape index (κ2) is 7.38. The highest BCUT2D eigenvalue weighted by atomic mass is 32.2. The third-order valence-electron chi connectivity index (χ3n) is 4.65. The number of aryl methyl sites for hydroxylation is 3. The Morgan fingerprint density at radius 3 is 2.58 bits per heavy atom. The van der Waals surface area contributed by atoms with Crippen molar-refractivity contribution in [1.29, 1.82) is 0 Å². The molecule has 0 saturated carbocycles. The third-order valence-corrected chi connectivity index (χ3v) is 6.50. The van der Waals surface area contributed by atoms with Gasteiger partial charge in [0.25, 0.3) is 0 Å². The molecule has 2 aromatic rings. The van der Waals surface area contributed by atoms with Crippen LogP contribution in [0.1, 0.15) is 29.7 Å². The van der Waals surface area contributed by atoms with Crippen LogP contribution in [-0.2, 0) is 21.3 Å². The van der Waals surface area contributed by atoms with Crippen LogP contribution in [0.2, 0.25) is 0 Å². The first kappa shape index (κ1) is 18.9. The number of hydrogen-bond acceptors (Lipinski definition) is 5. The van der Waals surface area contributed by atoms with Gasteiger partial charge in [0.15, 0.2) is 0 Å². The Morgan fingerprint density at radius 2 is 2.00 bits per heavy atom. The zero-order valence-electron chi connectivity index (χ0n) is 15.6. The molecule has 0 radical (unpaired) electrons. The highest BCUT2D eigenvalue weighted by Gasteiger charge is 2.32. The molecule has 1 saturated heterocycles. The van der Waals surface area contributed by atoms with Gasteiger partial charge in [-0.15, -0.1) is 0 Å². The molecule has 1 aromatic heterocycles. The maximum absolute atomic E-state index is 13.1. The topological polar surface area (TPSA) is 73.7 Å². The van der Waals surface area contributed by atoms with Crippen molar-refractivity contribution < 1.29 is 17.9 Å². The Bertz CT molecular complexity index is 869. The van der Waals surface area contributed by atoms with Crippen LogP contribution in [-0.4, -0.2) is 49.3 Å². The van der Waals surface area contributed by atoms with Crippen molar-refractivity contribution in [3.05, 3.63) is 41.2 Å². The largest absolute Gasteiger partial charge is 0.496 e. The average Bonchev–Trinajstić information content (AvgIpc) is 3.11. The van der Waals surface area contributed by atoms with E-state index in [4.69, 9.17) is 9.47 Å². The van der Waals surface area contributed by atoms with Crippen LogP contribution in [0.15, 0.2) is 29.4 Å². The number of morpholine rings is 1. The van der Waals surface area contributed by atoms with Gasteiger partial charge in [0.1, 0.15) is 5.75 Å². The summed E-state index contributed by atoms with van der Waals surface area (Å²) < 4.78 is 40.7. The zero-order chi connectivity index (χ0) is 18.9. The number of benzene rings is 1. The molecule has 26 heavy (non-hydrogen) atoms. The number of hydrogen-bond donors (Lipinski definition) is 0. The second-order valence-corrected chi connectivity index (χ2v) is 8.38. The van der Waals surface area contributed by atoms with Crippen molar-refractivity contribution in [2.45, 2.75) is 38.3 Å². The molecule has 0 N–H and O–H groups in total. The van der Waals surface area contributed by atoms with E-state index >= 15 is 0 Å². The summed E-state index contributed by atoms with van der Waals surface area (Å²) in [5.41, 5.74) is 2.51. The highest BCUT2D eigenvalue weighted by Crippen LogP contribution is 2.30. The predicted molar refractivity (Wildman–Crippen MR) is 97.8 cm³/mol. The summed E-state index contributed by atoms with van der Waals surface area (Å²) in [5.74, 6) is 0.718. The van der Waals surface area contributed by atoms with E-state index in [9.17, 15) is 8.42 Å². The van der Waals surface area contributed by atoms with Gasteiger partial charge in [0.05, 0.1) is 30.9 Å². The Labute approximate surface area is 154 Å². The number of nitrogens with zero attached hydrogens (tertiary/aromatic N) is 3. The Balaban J connectivity index is 1.87. The summed E-state index contributed by atoms with van der Waals surface area (Å²) in [5, 5.41) is 4.25. The lowest BCUT2D eigenvalue weighted by Gasteiger charge is -2.32. The smallest absolute Gasteiger partial charge is 0.243 e. The van der Waals surface area contributed by atoms with Gasteiger partial charge in [0, 0.05) is 31.4 Å². The van der Waals surface area contributed by atoms with E-state index in [-0.39, 0.29) is 12.6 Å². The molecule has 0 bridgehead atoms. The van der Waals surface area contributed by atoms with E-state index in [1.165, 1.54) is 4.31 Å². The van der Waals surface area contributed by atoms with Crippen molar-refractivity contribution in [2.75, 3.05) is 26.8 Å². The molecule has 1 fully saturated rings. The SMILES string of the molecule is CCn1cc([C@H]2CN(S(=O)(=O)c3cc(C)c(OC)c(C)c3)CCO2)cn1. The van der Waals surface area contributed by atoms with Crippen LogP contribution in [0.3, 0.4) is 0 Å². The van der Waals surface area contributed by atoms with E-state index in [0.29, 0.717) is 18.0 Å². The van der Waals surface area contributed by atoms with E-state index in [0.717, 1.165) is 29.0 Å². The lowest BCUT2D eigenvalue weighted by molar-refractivity contribution is -0.00260. The third kappa shape index (κ3) is 3.49. The van der Waals surface area contributed by atoms with Gasteiger partial charge < -0.3 is 9.47 Å². The highest BCUT2D eigenvalue weighted by molar-refractivity contribution is 7.89. The van der Waals surface area contributed by atoms with Gasteiger partial charge in [-0.05, 0) is 44.0 Å². The van der Waals surface area contributed by atoms with Crippen molar-refractivity contribution >= 4 is 10.0 Å². The minimum absolute atomic E-state index is 0.280. The number of methoxy groups -OCH3 is 1. The molecule has 1 aliphatic heterocycles. The molecule has 3 rings (SSSR count). The lowest BCUT2D eigenvalue weighted by atomic mass is 10.1. The summed E-state index contributed by atoms with van der Waals surface area (Å²) in [6.07, 6.45) is 3.34. The van der Waals surface area contributed by atoms with Gasteiger partial charge in [-0.2, -0.15) is 9.40 Å². The predicted octanol–water partition coefficient (Wildman–Crippen LogP) is 2.29. The van der Waals surface area contributed by atoms with Gasteiger partial charge >= 0.3 is 0 Å². The molecular formula is C18H25N3O4S. The number of sulfonamides is 1. The standard InChI is InChI=1S/C18H25N3O4S/c1-5-20-11-15(10-19-20)17-12-21(6-7-25-17)26(22,23)16-8-13(2)18(24-4)14(3)9-16/h8-11,17H,5-7,12H2,1-4H3/t17-/m1/s1. The van der Waals surface area contributed by atoms with Crippen LogP contribution >= 0.6 is 0 Å². The lowest BCUT2D eigenvalue weighted by Crippen LogP contribution is -2.42. The minimum Gasteiger partial charge on any atom is -0.496 e. The van der Waals surface area contributed by atoms with Crippen LogP contribution in [0.5, 0.6) is 5.75 Å². The van der Waals surface area contributed by atoms with Gasteiger partial charge in [-0.25, -0.2) is 8.42 Å². The summed E-state index contributed by atoms with van der Waals surface area (Å²) in [6.45, 7) is 7.45. The summed E-state index contributed by atoms with van der Waals surface area (Å²) in [7, 11) is -2.01. The van der Waals surface area contributed by atoms with Gasteiger partial charge in [0.2, 0.25) is 10.0 Å². The second-order valence-electron chi connectivity index (χ2n) is 6.44. The van der Waals surface area contributed by atoms with E-state index < -0.39 is 10.0 Å². The minimum atomic E-state index is -3.60. The molecule has 0 unspecified atom stereocenters. The van der Waals surface area contributed by atoms with E-state index in [1.54, 1.807) is 25.4 Å². The summed E-state index contributed by atoms with van der Waals surface area (Å²) in [6, 6.07) is 3.33. The van der Waals surface area contributed by atoms with Crippen molar-refractivity contribution in [1.82, 2.24) is 14.1 Å². The Morgan fingerprint density at radius 1 is 1.31 bits per heavy atom. The first-order valence-corrected chi connectivity index (χ1v) is 10.1. The molecule has 1 aliphatic rings. The fourth-order valence-corrected chi connectivity index (χ4v) is 4.89. The van der Waals surface area contributed by atoms with E-state index in [1.807, 2.05) is 31.6 Å². The van der Waals surface area contributed by atoms with Gasteiger partial charge in [-0.1, -0.05) is 0 Å². The molecular weight excluding hydrogens is 354 g/mol. The van der Waals surface area contributed by atoms with Crippen LogP contribution in [0.4, 0.5) is 0 Å². The zero-order valence-corrected chi connectivity index (χ0v) is 16.4. The van der Waals surface area contributed by atoms with Crippen molar-refractivity contribution in [3.8, 4) is 5.75 Å². The molecule has 1 atom stereocenters. The number of aromatic nitrogens is 2. The fourth-order valence-electron chi connectivity index (χ4n) is 3.29. The van der Waals surface area contributed by atoms with Crippen molar-refractivity contribution in [3.63, 3.8) is 0 Å². The molecule has 142 valence electrons. The molecule has 2 heterocycles. The van der Waals surface area contributed by atoms with Gasteiger partial charge in [-0.3, -0.25) is 4.68 Å². The summed E-state index contributed by atoms with van der Waals surface area (Å²) in [4.78, 5) is 0.290. The van der Waals surface area contributed by atoms with Crippen LogP contribution in [0, 0.1) is 13.8 Å². The molecule has 0 spiro atoms. The van der Waals surface area contributed by atoms with Crippen LogP contribution in [0.25, 0.3) is 0 Å². The molecule has 0 aliphatic carbocycles. The Hall–Kier alpha value is -1.90. The quantitative estimate of drug-likeness (QED) is 0.797.